The van der Waals surface area contributed by atoms with Crippen molar-refractivity contribution in [3.8, 4) is 0 Å². The Labute approximate surface area is 114 Å². The summed E-state index contributed by atoms with van der Waals surface area (Å²) in [7, 11) is 0. The van der Waals surface area contributed by atoms with Gasteiger partial charge in [-0.05, 0) is 33.1 Å². The van der Waals surface area contributed by atoms with Crippen molar-refractivity contribution in [2.75, 3.05) is 19.7 Å². The highest BCUT2D eigenvalue weighted by Crippen LogP contribution is 2.02. The van der Waals surface area contributed by atoms with Crippen LogP contribution in [0.15, 0.2) is 0 Å². The van der Waals surface area contributed by atoms with E-state index in [1.54, 1.807) is 4.90 Å². The maximum Gasteiger partial charge on any atom is 0.317 e. The fourth-order valence-corrected chi connectivity index (χ4v) is 1.71. The molecule has 2 amide bonds. The number of hydrogen-bond donors (Lipinski definition) is 3. The van der Waals surface area contributed by atoms with Gasteiger partial charge in [-0.25, -0.2) is 4.79 Å². The molecule has 0 heterocycles. The summed E-state index contributed by atoms with van der Waals surface area (Å²) in [5, 5.41) is 20.1. The quantitative estimate of drug-likeness (QED) is 0.526. The lowest BCUT2D eigenvalue weighted by atomic mass is 10.2. The zero-order chi connectivity index (χ0) is 14.7. The van der Waals surface area contributed by atoms with Crippen LogP contribution in [0.3, 0.4) is 0 Å². The number of rotatable bonds is 10. The van der Waals surface area contributed by atoms with E-state index in [4.69, 9.17) is 10.2 Å². The summed E-state index contributed by atoms with van der Waals surface area (Å²) in [5.41, 5.74) is 0. The molecule has 6 nitrogen and oxygen atoms in total. The van der Waals surface area contributed by atoms with Crippen LogP contribution in [0.25, 0.3) is 0 Å². The topological polar surface area (TPSA) is 89.9 Å². The summed E-state index contributed by atoms with van der Waals surface area (Å²) >= 11 is 0. The maximum atomic E-state index is 11.9. The molecule has 0 spiro atoms. The number of aliphatic hydroxyl groups excluding tert-OH is 1. The fourth-order valence-electron chi connectivity index (χ4n) is 1.71. The first-order valence-electron chi connectivity index (χ1n) is 6.86. The number of aliphatic hydroxyl groups is 1. The van der Waals surface area contributed by atoms with E-state index in [1.165, 1.54) is 0 Å². The molecule has 0 aliphatic rings. The molecule has 0 bridgehead atoms. The summed E-state index contributed by atoms with van der Waals surface area (Å²) in [6.07, 6.45) is 2.98. The largest absolute Gasteiger partial charge is 0.481 e. The first-order valence-corrected chi connectivity index (χ1v) is 6.86. The normalized spacial score (nSPS) is 10.5. The van der Waals surface area contributed by atoms with Crippen LogP contribution < -0.4 is 5.32 Å². The van der Waals surface area contributed by atoms with Crippen LogP contribution in [0.2, 0.25) is 0 Å². The van der Waals surface area contributed by atoms with Crippen LogP contribution in [0.1, 0.15) is 46.0 Å². The molecule has 6 heteroatoms. The molecule has 0 fully saturated rings. The molecule has 0 saturated heterocycles. The van der Waals surface area contributed by atoms with Gasteiger partial charge in [0.2, 0.25) is 0 Å². The van der Waals surface area contributed by atoms with Crippen molar-refractivity contribution in [3.05, 3.63) is 0 Å². The summed E-state index contributed by atoms with van der Waals surface area (Å²) in [6.45, 7) is 5.04. The number of carboxylic acids is 1. The number of unbranched alkanes of at least 4 members (excludes halogenated alkanes) is 2. The SMILES string of the molecule is CC(C)N(CCCO)C(=O)NCCCCCC(=O)O. The Hall–Kier alpha value is -1.30. The molecule has 0 radical (unpaired) electrons. The molecule has 0 aromatic rings. The van der Waals surface area contributed by atoms with E-state index in [1.807, 2.05) is 13.8 Å². The number of urea groups is 1. The summed E-state index contributed by atoms with van der Waals surface area (Å²) in [6, 6.07) is -0.0276. The van der Waals surface area contributed by atoms with Gasteiger partial charge in [-0.2, -0.15) is 0 Å². The van der Waals surface area contributed by atoms with Crippen molar-refractivity contribution in [1.29, 1.82) is 0 Å². The zero-order valence-corrected chi connectivity index (χ0v) is 11.9. The van der Waals surface area contributed by atoms with Gasteiger partial charge in [-0.1, -0.05) is 6.42 Å². The van der Waals surface area contributed by atoms with Gasteiger partial charge in [0.15, 0.2) is 0 Å². The molecule has 0 saturated carbocycles. The van der Waals surface area contributed by atoms with Crippen LogP contribution in [-0.2, 0) is 4.79 Å². The molecule has 0 aliphatic heterocycles. The highest BCUT2D eigenvalue weighted by atomic mass is 16.4. The summed E-state index contributed by atoms with van der Waals surface area (Å²) < 4.78 is 0. The molecule has 3 N–H and O–H groups in total. The van der Waals surface area contributed by atoms with Crippen LogP contribution in [0.4, 0.5) is 4.79 Å². The number of carboxylic acid groups (broad SMARTS) is 1. The minimum Gasteiger partial charge on any atom is -0.481 e. The Balaban J connectivity index is 3.77. The van der Waals surface area contributed by atoms with Crippen LogP contribution in [0, 0.1) is 0 Å². The smallest absolute Gasteiger partial charge is 0.317 e. The fraction of sp³-hybridized carbons (Fsp3) is 0.846. The van der Waals surface area contributed by atoms with Crippen molar-refractivity contribution in [2.24, 2.45) is 0 Å². The van der Waals surface area contributed by atoms with Crippen molar-refractivity contribution in [1.82, 2.24) is 10.2 Å². The van der Waals surface area contributed by atoms with Gasteiger partial charge in [0.25, 0.3) is 0 Å². The van der Waals surface area contributed by atoms with E-state index in [9.17, 15) is 9.59 Å². The monoisotopic (exact) mass is 274 g/mol. The van der Waals surface area contributed by atoms with Gasteiger partial charge in [0, 0.05) is 32.2 Å². The predicted octanol–water partition coefficient (Wildman–Crippen LogP) is 1.43. The minimum absolute atomic E-state index is 0.0751. The van der Waals surface area contributed by atoms with Crippen LogP contribution in [-0.4, -0.2) is 52.9 Å². The zero-order valence-electron chi connectivity index (χ0n) is 11.9. The van der Waals surface area contributed by atoms with Gasteiger partial charge >= 0.3 is 12.0 Å². The number of carbonyl (C=O) groups is 2. The molecule has 0 aliphatic carbocycles. The number of nitrogens with zero attached hydrogens (tertiary/aromatic N) is 1. The van der Waals surface area contributed by atoms with Crippen molar-refractivity contribution < 1.29 is 19.8 Å². The second-order valence-corrected chi connectivity index (χ2v) is 4.80. The molecule has 0 rings (SSSR count). The Morgan fingerprint density at radius 1 is 1.16 bits per heavy atom. The third-order valence-corrected chi connectivity index (χ3v) is 2.78. The number of hydrogen-bond acceptors (Lipinski definition) is 3. The third-order valence-electron chi connectivity index (χ3n) is 2.78. The molecular weight excluding hydrogens is 248 g/mol. The standard InChI is InChI=1S/C13H26N2O4/c1-11(2)15(9-6-10-16)13(19)14-8-5-3-4-7-12(17)18/h11,16H,3-10H2,1-2H3,(H,14,19)(H,17,18). The molecule has 0 atom stereocenters. The Morgan fingerprint density at radius 3 is 2.37 bits per heavy atom. The Kier molecular flexibility index (Phi) is 9.88. The van der Waals surface area contributed by atoms with E-state index in [0.717, 1.165) is 12.8 Å². The Morgan fingerprint density at radius 2 is 1.84 bits per heavy atom. The second kappa shape index (κ2) is 10.6. The number of amides is 2. The highest BCUT2D eigenvalue weighted by Gasteiger charge is 2.15. The summed E-state index contributed by atoms with van der Waals surface area (Å²) in [4.78, 5) is 23.9. The first-order chi connectivity index (χ1) is 8.99. The van der Waals surface area contributed by atoms with Crippen molar-refractivity contribution in [3.63, 3.8) is 0 Å². The lowest BCUT2D eigenvalue weighted by Gasteiger charge is -2.26. The average molecular weight is 274 g/mol. The van der Waals surface area contributed by atoms with Gasteiger partial charge in [-0.3, -0.25) is 4.79 Å². The van der Waals surface area contributed by atoms with E-state index in [2.05, 4.69) is 5.32 Å². The second-order valence-electron chi connectivity index (χ2n) is 4.80. The molecular formula is C13H26N2O4. The van der Waals surface area contributed by atoms with E-state index >= 15 is 0 Å². The van der Waals surface area contributed by atoms with Gasteiger partial charge in [0.1, 0.15) is 0 Å². The molecule has 0 aromatic carbocycles. The van der Waals surface area contributed by atoms with Gasteiger partial charge < -0.3 is 20.4 Å². The number of aliphatic carboxylic acids is 1. The molecule has 112 valence electrons. The third kappa shape index (κ3) is 9.30. The van der Waals surface area contributed by atoms with E-state index in [0.29, 0.717) is 25.9 Å². The molecule has 0 aromatic heterocycles. The lowest BCUT2D eigenvalue weighted by molar-refractivity contribution is -0.137. The van der Waals surface area contributed by atoms with Crippen molar-refractivity contribution in [2.45, 2.75) is 52.0 Å². The molecule has 19 heavy (non-hydrogen) atoms. The van der Waals surface area contributed by atoms with Crippen molar-refractivity contribution >= 4 is 12.0 Å². The highest BCUT2D eigenvalue weighted by molar-refractivity contribution is 5.74. The summed E-state index contributed by atoms with van der Waals surface area (Å²) in [5.74, 6) is -0.779. The lowest BCUT2D eigenvalue weighted by Crippen LogP contribution is -2.44. The first kappa shape index (κ1) is 17.7. The molecule has 0 unspecified atom stereocenters. The average Bonchev–Trinajstić information content (AvgIpc) is 2.33. The number of nitrogens with one attached hydrogen (secondary N) is 1. The maximum absolute atomic E-state index is 11.9. The number of carbonyl (C=O) groups excluding carboxylic acids is 1. The van der Waals surface area contributed by atoms with Crippen LogP contribution >= 0.6 is 0 Å². The van der Waals surface area contributed by atoms with E-state index < -0.39 is 5.97 Å². The van der Waals surface area contributed by atoms with E-state index in [-0.39, 0.29) is 25.1 Å². The van der Waals surface area contributed by atoms with Gasteiger partial charge in [0.05, 0.1) is 0 Å². The Bertz CT molecular complexity index is 269. The van der Waals surface area contributed by atoms with Crippen LogP contribution in [0.5, 0.6) is 0 Å². The predicted molar refractivity (Wildman–Crippen MR) is 73.0 cm³/mol. The van der Waals surface area contributed by atoms with Gasteiger partial charge in [-0.15, -0.1) is 0 Å². The minimum atomic E-state index is -0.779.